The number of amides is 2. The number of nitrogens with zero attached hydrogens (tertiary/aromatic N) is 2. The van der Waals surface area contributed by atoms with Crippen LogP contribution in [0, 0.1) is 0 Å². The predicted octanol–water partition coefficient (Wildman–Crippen LogP) is 4.59. The van der Waals surface area contributed by atoms with E-state index in [-0.39, 0.29) is 12.1 Å². The molecule has 0 saturated carbocycles. The van der Waals surface area contributed by atoms with Crippen molar-refractivity contribution in [1.82, 2.24) is 9.47 Å². The molecule has 132 valence electrons. The van der Waals surface area contributed by atoms with Crippen LogP contribution in [0.3, 0.4) is 0 Å². The maximum atomic E-state index is 13.1. The molecule has 1 aliphatic rings. The first-order valence-electron chi connectivity index (χ1n) is 8.65. The standard InChI is InChI=1S/C21H21N3O2/c1-15-18-11-7-13-23(18)19-10-5-3-8-16(19)14-24(15)21(25)22-17-9-4-6-12-20(17)26-2/h3-13,15H,14H2,1-2H3,(H,22,25)/t15-/m1/s1. The number of anilines is 1. The minimum Gasteiger partial charge on any atom is -0.495 e. The zero-order valence-electron chi connectivity index (χ0n) is 14.8. The Balaban J connectivity index is 1.70. The van der Waals surface area contributed by atoms with Gasteiger partial charge >= 0.3 is 6.03 Å². The lowest BCUT2D eigenvalue weighted by Crippen LogP contribution is -2.36. The number of carbonyl (C=O) groups excluding carboxylic acids is 1. The number of para-hydroxylation sites is 3. The highest BCUT2D eigenvalue weighted by molar-refractivity contribution is 5.91. The molecule has 2 aromatic carbocycles. The zero-order valence-corrected chi connectivity index (χ0v) is 14.8. The Morgan fingerprint density at radius 2 is 1.85 bits per heavy atom. The summed E-state index contributed by atoms with van der Waals surface area (Å²) in [5, 5.41) is 3.00. The zero-order chi connectivity index (χ0) is 18.1. The first kappa shape index (κ1) is 16.3. The third-order valence-electron chi connectivity index (χ3n) is 4.88. The van der Waals surface area contributed by atoms with E-state index >= 15 is 0 Å². The van der Waals surface area contributed by atoms with Gasteiger partial charge in [-0.2, -0.15) is 0 Å². The molecule has 0 saturated heterocycles. The molecule has 0 unspecified atom stereocenters. The Labute approximate surface area is 152 Å². The van der Waals surface area contributed by atoms with Crippen molar-refractivity contribution in [2.75, 3.05) is 12.4 Å². The van der Waals surface area contributed by atoms with Crippen LogP contribution in [-0.4, -0.2) is 22.6 Å². The summed E-state index contributed by atoms with van der Waals surface area (Å²) in [4.78, 5) is 14.9. The fourth-order valence-electron chi connectivity index (χ4n) is 3.50. The van der Waals surface area contributed by atoms with E-state index in [1.807, 2.05) is 53.6 Å². The molecule has 0 spiro atoms. The van der Waals surface area contributed by atoms with E-state index in [0.29, 0.717) is 18.0 Å². The number of benzene rings is 2. The molecule has 1 aromatic heterocycles. The van der Waals surface area contributed by atoms with Gasteiger partial charge in [0.1, 0.15) is 5.75 Å². The molecule has 4 rings (SSSR count). The smallest absolute Gasteiger partial charge is 0.322 e. The summed E-state index contributed by atoms with van der Waals surface area (Å²) in [6.45, 7) is 2.60. The van der Waals surface area contributed by atoms with Gasteiger partial charge in [0.15, 0.2) is 0 Å². The van der Waals surface area contributed by atoms with Crippen LogP contribution in [0.15, 0.2) is 66.9 Å². The minimum absolute atomic E-state index is 0.0629. The molecule has 2 amide bonds. The monoisotopic (exact) mass is 347 g/mol. The molecular formula is C21H21N3O2. The Morgan fingerprint density at radius 3 is 2.69 bits per heavy atom. The molecule has 1 atom stereocenters. The summed E-state index contributed by atoms with van der Waals surface area (Å²) in [5.74, 6) is 0.645. The third-order valence-corrected chi connectivity index (χ3v) is 4.88. The number of hydrogen-bond donors (Lipinski definition) is 1. The van der Waals surface area contributed by atoms with Crippen LogP contribution in [0.2, 0.25) is 0 Å². The summed E-state index contributed by atoms with van der Waals surface area (Å²) in [7, 11) is 1.60. The van der Waals surface area contributed by atoms with Crippen LogP contribution < -0.4 is 10.1 Å². The quantitative estimate of drug-likeness (QED) is 0.737. The Hall–Kier alpha value is -3.21. The first-order chi connectivity index (χ1) is 12.7. The van der Waals surface area contributed by atoms with Crippen molar-refractivity contribution in [1.29, 1.82) is 0 Å². The highest BCUT2D eigenvalue weighted by Crippen LogP contribution is 2.33. The van der Waals surface area contributed by atoms with Gasteiger partial charge < -0.3 is 19.5 Å². The molecule has 0 fully saturated rings. The number of fused-ring (bicyclic) bond motifs is 3. The van der Waals surface area contributed by atoms with E-state index in [1.165, 1.54) is 0 Å². The highest BCUT2D eigenvalue weighted by Gasteiger charge is 2.28. The Kier molecular flexibility index (Phi) is 4.13. The van der Waals surface area contributed by atoms with Crippen molar-refractivity contribution in [3.63, 3.8) is 0 Å². The van der Waals surface area contributed by atoms with Gasteiger partial charge in [0.05, 0.1) is 31.1 Å². The topological polar surface area (TPSA) is 46.5 Å². The molecule has 3 aromatic rings. The van der Waals surface area contributed by atoms with Crippen molar-refractivity contribution in [3.05, 3.63) is 78.1 Å². The van der Waals surface area contributed by atoms with Crippen molar-refractivity contribution in [3.8, 4) is 11.4 Å². The molecule has 2 heterocycles. The average molecular weight is 347 g/mol. The summed E-state index contributed by atoms with van der Waals surface area (Å²) in [5.41, 5.74) is 3.99. The fourth-order valence-corrected chi connectivity index (χ4v) is 3.50. The molecule has 1 N–H and O–H groups in total. The number of nitrogens with one attached hydrogen (secondary N) is 1. The number of carbonyl (C=O) groups is 1. The maximum absolute atomic E-state index is 13.1. The lowest BCUT2D eigenvalue weighted by molar-refractivity contribution is 0.189. The summed E-state index contributed by atoms with van der Waals surface area (Å²) >= 11 is 0. The molecule has 5 nitrogen and oxygen atoms in total. The van der Waals surface area contributed by atoms with Crippen molar-refractivity contribution in [2.24, 2.45) is 0 Å². The van der Waals surface area contributed by atoms with E-state index in [9.17, 15) is 4.79 Å². The molecular weight excluding hydrogens is 326 g/mol. The van der Waals surface area contributed by atoms with Crippen molar-refractivity contribution in [2.45, 2.75) is 19.5 Å². The van der Waals surface area contributed by atoms with Crippen LogP contribution in [0.5, 0.6) is 5.75 Å². The second-order valence-corrected chi connectivity index (χ2v) is 6.37. The van der Waals surface area contributed by atoms with E-state index in [2.05, 4.69) is 35.0 Å². The largest absolute Gasteiger partial charge is 0.495 e. The van der Waals surface area contributed by atoms with Crippen molar-refractivity contribution >= 4 is 11.7 Å². The molecule has 0 aliphatic carbocycles. The van der Waals surface area contributed by atoms with E-state index in [1.54, 1.807) is 7.11 Å². The second-order valence-electron chi connectivity index (χ2n) is 6.37. The first-order valence-corrected chi connectivity index (χ1v) is 8.65. The lowest BCUT2D eigenvalue weighted by atomic mass is 10.1. The van der Waals surface area contributed by atoms with Crippen LogP contribution in [-0.2, 0) is 6.54 Å². The molecule has 5 heteroatoms. The van der Waals surface area contributed by atoms with Crippen LogP contribution in [0.1, 0.15) is 24.2 Å². The number of hydrogen-bond acceptors (Lipinski definition) is 2. The molecule has 26 heavy (non-hydrogen) atoms. The summed E-state index contributed by atoms with van der Waals surface area (Å²) in [6, 6.07) is 19.5. The maximum Gasteiger partial charge on any atom is 0.322 e. The predicted molar refractivity (Wildman–Crippen MR) is 102 cm³/mol. The molecule has 1 aliphatic heterocycles. The van der Waals surface area contributed by atoms with E-state index < -0.39 is 0 Å². The number of ether oxygens (including phenoxy) is 1. The van der Waals surface area contributed by atoms with Crippen LogP contribution >= 0.6 is 0 Å². The third kappa shape index (κ3) is 2.71. The summed E-state index contributed by atoms with van der Waals surface area (Å²) < 4.78 is 7.51. The van der Waals surface area contributed by atoms with E-state index in [4.69, 9.17) is 4.74 Å². The lowest BCUT2D eigenvalue weighted by Gasteiger charge is -2.28. The van der Waals surface area contributed by atoms with Gasteiger partial charge in [0.2, 0.25) is 0 Å². The Bertz CT molecular complexity index is 948. The van der Waals surface area contributed by atoms with Gasteiger partial charge in [0.25, 0.3) is 0 Å². The van der Waals surface area contributed by atoms with Gasteiger partial charge in [-0.05, 0) is 42.8 Å². The molecule has 0 radical (unpaired) electrons. The van der Waals surface area contributed by atoms with Gasteiger partial charge in [-0.25, -0.2) is 4.79 Å². The summed E-state index contributed by atoms with van der Waals surface area (Å²) in [6.07, 6.45) is 2.05. The van der Waals surface area contributed by atoms with Gasteiger partial charge in [-0.1, -0.05) is 30.3 Å². The fraction of sp³-hybridized carbons (Fsp3) is 0.190. The SMILES string of the molecule is COc1ccccc1NC(=O)N1Cc2ccccc2-n2cccc2[C@H]1C. The minimum atomic E-state index is -0.147. The van der Waals surface area contributed by atoms with Gasteiger partial charge in [-0.15, -0.1) is 0 Å². The van der Waals surface area contributed by atoms with Crippen molar-refractivity contribution < 1.29 is 9.53 Å². The van der Waals surface area contributed by atoms with Crippen LogP contribution in [0.25, 0.3) is 5.69 Å². The number of rotatable bonds is 2. The highest BCUT2D eigenvalue weighted by atomic mass is 16.5. The normalized spacial score (nSPS) is 15.6. The van der Waals surface area contributed by atoms with E-state index in [0.717, 1.165) is 16.9 Å². The number of aromatic nitrogens is 1. The van der Waals surface area contributed by atoms with Gasteiger partial charge in [-0.3, -0.25) is 0 Å². The number of urea groups is 1. The number of methoxy groups -OCH3 is 1. The average Bonchev–Trinajstić information content (AvgIpc) is 3.12. The second kappa shape index (κ2) is 6.59. The van der Waals surface area contributed by atoms with Gasteiger partial charge in [0, 0.05) is 11.9 Å². The Morgan fingerprint density at radius 1 is 1.08 bits per heavy atom. The van der Waals surface area contributed by atoms with Crippen LogP contribution in [0.4, 0.5) is 10.5 Å². The molecule has 0 bridgehead atoms.